The third-order valence-electron chi connectivity index (χ3n) is 10.8. The first-order valence-electron chi connectivity index (χ1n) is 17.3. The number of benzene rings is 3. The van der Waals surface area contributed by atoms with E-state index < -0.39 is 11.8 Å². The molecule has 2 N–H and O–H groups in total. The summed E-state index contributed by atoms with van der Waals surface area (Å²) in [7, 11) is 1.55. The smallest absolute Gasteiger partial charge is 0.234 e. The Morgan fingerprint density at radius 2 is 1.71 bits per heavy atom. The van der Waals surface area contributed by atoms with Crippen LogP contribution in [0.15, 0.2) is 83.9 Å². The first kappa shape index (κ1) is 34.0. The predicted molar refractivity (Wildman–Crippen MR) is 196 cm³/mol. The number of hydrogen-bond donors (Lipinski definition) is 2. The molecule has 49 heavy (non-hydrogen) atoms. The van der Waals surface area contributed by atoms with Crippen LogP contribution in [0, 0.1) is 21.3 Å². The number of nitrogens with zero attached hydrogens (tertiary/aromatic N) is 2. The maximum Gasteiger partial charge on any atom is 0.234 e. The van der Waals surface area contributed by atoms with E-state index in [1.165, 1.54) is 5.56 Å². The quantitative estimate of drug-likeness (QED) is 0.108. The summed E-state index contributed by atoms with van der Waals surface area (Å²) in [5, 5.41) is 21.0. The maximum atomic E-state index is 14.1. The van der Waals surface area contributed by atoms with Gasteiger partial charge in [-0.15, -0.1) is 0 Å². The molecule has 3 aliphatic heterocycles. The van der Waals surface area contributed by atoms with Crippen molar-refractivity contribution in [2.75, 3.05) is 33.4 Å². The van der Waals surface area contributed by atoms with Gasteiger partial charge in [-0.05, 0) is 100 Å². The molecule has 4 aliphatic rings. The number of aliphatic hydroxyl groups excluding tert-OH is 1. The largest absolute Gasteiger partial charge is 0.504 e. The Balaban J connectivity index is 1.07. The number of piperidine rings is 1. The number of phenols is 1. The second-order valence-electron chi connectivity index (χ2n) is 13.6. The molecule has 0 spiro atoms. The lowest BCUT2D eigenvalue weighted by Crippen LogP contribution is -2.47. The number of carbonyl (C=O) groups excluding carboxylic acids is 2. The zero-order chi connectivity index (χ0) is 34.1. The molecule has 7 rings (SSSR count). The number of rotatable bonds is 10. The van der Waals surface area contributed by atoms with Crippen molar-refractivity contribution in [2.45, 2.75) is 50.8 Å². The van der Waals surface area contributed by atoms with Crippen molar-refractivity contribution in [1.29, 1.82) is 0 Å². The topological polar surface area (TPSA) is 99.5 Å². The molecule has 3 heterocycles. The van der Waals surface area contributed by atoms with Gasteiger partial charge in [0, 0.05) is 31.6 Å². The minimum absolute atomic E-state index is 0.0546. The lowest BCUT2D eigenvalue weighted by Gasteiger charge is -2.36. The van der Waals surface area contributed by atoms with Crippen LogP contribution in [0.3, 0.4) is 0 Å². The molecule has 3 aromatic carbocycles. The molecule has 1 aliphatic carbocycles. The Hall–Kier alpha value is -3.51. The van der Waals surface area contributed by atoms with E-state index in [-0.39, 0.29) is 42.2 Å². The number of imide groups is 1. The Morgan fingerprint density at radius 3 is 2.41 bits per heavy atom. The number of hydrogen-bond acceptors (Lipinski definition) is 7. The summed E-state index contributed by atoms with van der Waals surface area (Å²) < 4.78 is 12.6. The molecule has 8 nitrogen and oxygen atoms in total. The van der Waals surface area contributed by atoms with E-state index in [0.29, 0.717) is 35.2 Å². The number of aromatic hydroxyl groups is 1. The third kappa shape index (κ3) is 6.82. The van der Waals surface area contributed by atoms with Crippen molar-refractivity contribution in [3.05, 3.63) is 104 Å². The Morgan fingerprint density at radius 1 is 1.00 bits per heavy atom. The normalized spacial score (nSPS) is 24.8. The van der Waals surface area contributed by atoms with Crippen LogP contribution in [0.2, 0.25) is 0 Å². The first-order chi connectivity index (χ1) is 23.9. The van der Waals surface area contributed by atoms with Crippen molar-refractivity contribution in [3.8, 4) is 11.5 Å². The second-order valence-corrected chi connectivity index (χ2v) is 14.8. The number of ether oxygens (including phenoxy) is 2. The van der Waals surface area contributed by atoms with Crippen LogP contribution in [0.1, 0.15) is 48.8 Å². The molecule has 256 valence electrons. The van der Waals surface area contributed by atoms with E-state index in [9.17, 15) is 19.8 Å². The van der Waals surface area contributed by atoms with Crippen LogP contribution in [-0.4, -0.2) is 77.4 Å². The number of methoxy groups -OCH3 is 1. The van der Waals surface area contributed by atoms with Gasteiger partial charge in [-0.1, -0.05) is 66.7 Å². The standard InChI is InChI=1S/C40H43IN2O6/c1-48-35-20-26(19-33(41)38(35)45)18-28(27-10-6-3-7-11-27)12-13-34-36-29(23-44)21-31-37(32(36)24-49-34)40(47)43(39(31)46)30-14-16-42(17-15-30)22-25-8-4-2-5-9-25/h2-11,18-20,30-32,34,37,44-45H,12-17,21-24H2,1H3/b28-18-/t31-,32+,34-,37-/m1/s1. The molecule has 3 aromatic rings. The average Bonchev–Trinajstić information content (AvgIpc) is 3.66. The van der Waals surface area contributed by atoms with Gasteiger partial charge in [-0.3, -0.25) is 19.4 Å². The molecule has 0 radical (unpaired) electrons. The van der Waals surface area contributed by atoms with Crippen LogP contribution in [-0.2, 0) is 20.9 Å². The molecule has 9 heteroatoms. The van der Waals surface area contributed by atoms with E-state index in [0.717, 1.165) is 60.3 Å². The van der Waals surface area contributed by atoms with Gasteiger partial charge in [0.15, 0.2) is 11.5 Å². The lowest BCUT2D eigenvalue weighted by atomic mass is 9.69. The van der Waals surface area contributed by atoms with Crippen LogP contribution in [0.4, 0.5) is 0 Å². The van der Waals surface area contributed by atoms with E-state index >= 15 is 0 Å². The van der Waals surface area contributed by atoms with Gasteiger partial charge in [0.25, 0.3) is 0 Å². The molecule has 0 bridgehead atoms. The Bertz CT molecular complexity index is 1750. The average molecular weight is 775 g/mol. The minimum atomic E-state index is -0.431. The first-order valence-corrected chi connectivity index (χ1v) is 18.3. The molecular formula is C40H43IN2O6. The number of amides is 2. The number of phenolic OH excluding ortho intramolecular Hbond substituents is 1. The summed E-state index contributed by atoms with van der Waals surface area (Å²) in [6, 6.07) is 24.3. The maximum absolute atomic E-state index is 14.1. The van der Waals surface area contributed by atoms with Gasteiger partial charge < -0.3 is 19.7 Å². The second kappa shape index (κ2) is 14.8. The van der Waals surface area contributed by atoms with E-state index in [4.69, 9.17) is 9.47 Å². The molecule has 0 saturated carbocycles. The van der Waals surface area contributed by atoms with Gasteiger partial charge in [0.05, 0.1) is 41.8 Å². The van der Waals surface area contributed by atoms with Crippen LogP contribution in [0.5, 0.6) is 11.5 Å². The van der Waals surface area contributed by atoms with Crippen molar-refractivity contribution in [1.82, 2.24) is 9.80 Å². The van der Waals surface area contributed by atoms with Crippen LogP contribution >= 0.6 is 22.6 Å². The van der Waals surface area contributed by atoms with Crippen LogP contribution in [0.25, 0.3) is 11.6 Å². The summed E-state index contributed by atoms with van der Waals surface area (Å²) >= 11 is 2.11. The summed E-state index contributed by atoms with van der Waals surface area (Å²) in [5.41, 5.74) is 6.26. The van der Waals surface area contributed by atoms with E-state index in [2.05, 4.69) is 70.0 Å². The van der Waals surface area contributed by atoms with Gasteiger partial charge in [0.1, 0.15) is 0 Å². The van der Waals surface area contributed by atoms with Gasteiger partial charge >= 0.3 is 0 Å². The monoisotopic (exact) mass is 774 g/mol. The number of halogens is 1. The zero-order valence-electron chi connectivity index (χ0n) is 27.8. The molecule has 0 unspecified atom stereocenters. The molecule has 3 fully saturated rings. The third-order valence-corrected chi connectivity index (χ3v) is 11.7. The van der Waals surface area contributed by atoms with Crippen molar-refractivity contribution >= 4 is 46.1 Å². The minimum Gasteiger partial charge on any atom is -0.504 e. The van der Waals surface area contributed by atoms with E-state index in [1.54, 1.807) is 12.0 Å². The molecule has 0 aromatic heterocycles. The summed E-state index contributed by atoms with van der Waals surface area (Å²) in [4.78, 5) is 32.0. The molecule has 3 saturated heterocycles. The number of aliphatic hydroxyl groups is 1. The SMILES string of the molecule is COc1cc(/C=C(/CC[C@H]2OC[C@H]3C2=C(CO)C[C@H]2C(=O)N(C4CCN(Cc5ccccc5)CC4)C(=O)[C@H]23)c2ccccc2)cc(I)c1O. The highest BCUT2D eigenvalue weighted by atomic mass is 127. The summed E-state index contributed by atoms with van der Waals surface area (Å²) in [5.74, 6) is -0.639. The number of fused-ring (bicyclic) bond motifs is 3. The molecule has 2 amide bonds. The van der Waals surface area contributed by atoms with Crippen molar-refractivity contribution < 1.29 is 29.3 Å². The number of allylic oxidation sites excluding steroid dienone is 1. The molecular weight excluding hydrogens is 731 g/mol. The van der Waals surface area contributed by atoms with Crippen molar-refractivity contribution in [2.24, 2.45) is 17.8 Å². The van der Waals surface area contributed by atoms with Crippen LogP contribution < -0.4 is 4.74 Å². The van der Waals surface area contributed by atoms with Crippen molar-refractivity contribution in [3.63, 3.8) is 0 Å². The lowest BCUT2D eigenvalue weighted by molar-refractivity contribution is -0.144. The Labute approximate surface area is 301 Å². The molecule has 4 atom stereocenters. The highest BCUT2D eigenvalue weighted by Gasteiger charge is 2.58. The fourth-order valence-corrected chi connectivity index (χ4v) is 9.08. The Kier molecular flexibility index (Phi) is 10.2. The highest BCUT2D eigenvalue weighted by molar-refractivity contribution is 14.1. The van der Waals surface area contributed by atoms with Gasteiger partial charge in [-0.2, -0.15) is 0 Å². The number of likely N-dealkylation sites (tertiary alicyclic amines) is 2. The summed E-state index contributed by atoms with van der Waals surface area (Å²) in [6.07, 6.45) is 5.21. The van der Waals surface area contributed by atoms with Gasteiger partial charge in [-0.25, -0.2) is 0 Å². The zero-order valence-corrected chi connectivity index (χ0v) is 29.9. The highest BCUT2D eigenvalue weighted by Crippen LogP contribution is 2.50. The predicted octanol–water partition coefficient (Wildman–Crippen LogP) is 6.30. The fraction of sp³-hybridized carbons (Fsp3) is 0.400. The van der Waals surface area contributed by atoms with E-state index in [1.807, 2.05) is 36.4 Å². The fourth-order valence-electron chi connectivity index (χ4n) is 8.45. The summed E-state index contributed by atoms with van der Waals surface area (Å²) in [6.45, 7) is 2.81. The number of carbonyl (C=O) groups is 2. The van der Waals surface area contributed by atoms with Gasteiger partial charge in [0.2, 0.25) is 11.8 Å².